The zero-order valence-electron chi connectivity index (χ0n) is 11.9. The van der Waals surface area contributed by atoms with Crippen molar-refractivity contribution in [3.63, 3.8) is 0 Å². The first-order valence-electron chi connectivity index (χ1n) is 7.01. The van der Waals surface area contributed by atoms with Crippen LogP contribution in [0, 0.1) is 23.7 Å². The first kappa shape index (κ1) is 13.6. The molecule has 3 nitrogen and oxygen atoms in total. The van der Waals surface area contributed by atoms with Crippen LogP contribution in [0.1, 0.15) is 53.4 Å². The highest BCUT2D eigenvalue weighted by Gasteiger charge is 2.48. The normalized spacial score (nSPS) is 34.7. The van der Waals surface area contributed by atoms with Gasteiger partial charge in [-0.15, -0.1) is 0 Å². The number of Topliss-reactive ketones (excluding diaryl/α,β-unsaturated/α-hetero) is 1. The molecular formula is C15H24O3. The first-order valence-corrected chi connectivity index (χ1v) is 7.01. The Hall–Kier alpha value is -0.860. The molecule has 0 spiro atoms. The van der Waals surface area contributed by atoms with Crippen molar-refractivity contribution in [3.8, 4) is 0 Å². The summed E-state index contributed by atoms with van der Waals surface area (Å²) in [5.41, 5.74) is -0.656. The van der Waals surface area contributed by atoms with Crippen molar-refractivity contribution in [1.29, 1.82) is 0 Å². The molecule has 18 heavy (non-hydrogen) atoms. The summed E-state index contributed by atoms with van der Waals surface area (Å²) in [6.45, 7) is 7.46. The second kappa shape index (κ2) is 4.67. The highest BCUT2D eigenvalue weighted by atomic mass is 16.6. The van der Waals surface area contributed by atoms with E-state index in [1.54, 1.807) is 0 Å². The molecule has 0 aromatic carbocycles. The van der Waals surface area contributed by atoms with E-state index in [-0.39, 0.29) is 17.7 Å². The molecule has 2 bridgehead atoms. The quantitative estimate of drug-likeness (QED) is 0.722. The number of fused-ring (bicyclic) bond motifs is 2. The Morgan fingerprint density at radius 1 is 1.17 bits per heavy atom. The van der Waals surface area contributed by atoms with Gasteiger partial charge in [0.15, 0.2) is 0 Å². The number of ether oxygens (including phenoxy) is 1. The van der Waals surface area contributed by atoms with Crippen LogP contribution in [0.25, 0.3) is 0 Å². The molecule has 0 heterocycles. The van der Waals surface area contributed by atoms with E-state index >= 15 is 0 Å². The number of ketones is 1. The monoisotopic (exact) mass is 252 g/mol. The molecule has 2 saturated carbocycles. The van der Waals surface area contributed by atoms with Gasteiger partial charge < -0.3 is 4.74 Å². The third-order valence-corrected chi connectivity index (χ3v) is 4.56. The van der Waals surface area contributed by atoms with Crippen molar-refractivity contribution < 1.29 is 14.3 Å². The van der Waals surface area contributed by atoms with E-state index in [0.29, 0.717) is 18.3 Å². The molecule has 0 aromatic heterocycles. The highest BCUT2D eigenvalue weighted by Crippen LogP contribution is 2.52. The Balaban J connectivity index is 1.92. The standard InChI is InChI=1S/C15H24O3/c1-9-5-12-6-11(9)7-13(12)14(17)18-15(3,4)8-10(2)16/h9,11-13H,5-8H2,1-4H3. The van der Waals surface area contributed by atoms with Crippen LogP contribution in [0.2, 0.25) is 0 Å². The van der Waals surface area contributed by atoms with Crippen LogP contribution < -0.4 is 0 Å². The molecule has 0 amide bonds. The number of rotatable bonds is 4. The predicted octanol–water partition coefficient (Wildman–Crippen LogP) is 2.97. The molecule has 3 heteroatoms. The maximum absolute atomic E-state index is 12.2. The Morgan fingerprint density at radius 3 is 2.28 bits per heavy atom. The highest BCUT2D eigenvalue weighted by molar-refractivity contribution is 5.78. The molecule has 102 valence electrons. The minimum atomic E-state index is -0.656. The van der Waals surface area contributed by atoms with Crippen LogP contribution in [-0.4, -0.2) is 17.4 Å². The first-order chi connectivity index (χ1) is 8.28. The summed E-state index contributed by atoms with van der Waals surface area (Å²) in [5.74, 6) is 2.06. The lowest BCUT2D eigenvalue weighted by molar-refractivity contribution is -0.164. The van der Waals surface area contributed by atoms with E-state index in [2.05, 4.69) is 6.92 Å². The maximum atomic E-state index is 12.2. The van der Waals surface area contributed by atoms with Gasteiger partial charge in [-0.2, -0.15) is 0 Å². The van der Waals surface area contributed by atoms with Gasteiger partial charge in [0.1, 0.15) is 11.4 Å². The Labute approximate surface area is 109 Å². The smallest absolute Gasteiger partial charge is 0.309 e. The summed E-state index contributed by atoms with van der Waals surface area (Å²) in [6.07, 6.45) is 3.64. The Morgan fingerprint density at radius 2 is 1.83 bits per heavy atom. The molecule has 4 unspecified atom stereocenters. The van der Waals surface area contributed by atoms with Crippen molar-refractivity contribution in [2.75, 3.05) is 0 Å². The van der Waals surface area contributed by atoms with Crippen molar-refractivity contribution in [2.24, 2.45) is 23.7 Å². The Bertz CT molecular complexity index is 357. The molecule has 0 aromatic rings. The Kier molecular flexibility index (Phi) is 3.52. The van der Waals surface area contributed by atoms with Gasteiger partial charge >= 0.3 is 5.97 Å². The topological polar surface area (TPSA) is 43.4 Å². The molecule has 2 rings (SSSR count). The molecule has 0 N–H and O–H groups in total. The fraction of sp³-hybridized carbons (Fsp3) is 0.867. The zero-order chi connectivity index (χ0) is 13.5. The van der Waals surface area contributed by atoms with Gasteiger partial charge in [0.2, 0.25) is 0 Å². The number of hydrogen-bond donors (Lipinski definition) is 0. The molecule has 2 aliphatic carbocycles. The van der Waals surface area contributed by atoms with Crippen molar-refractivity contribution in [1.82, 2.24) is 0 Å². The van der Waals surface area contributed by atoms with Crippen LogP contribution in [0.15, 0.2) is 0 Å². The third-order valence-electron chi connectivity index (χ3n) is 4.56. The van der Waals surface area contributed by atoms with Crippen molar-refractivity contribution in [2.45, 2.75) is 59.0 Å². The van der Waals surface area contributed by atoms with Gasteiger partial charge in [0, 0.05) is 6.42 Å². The molecule has 4 atom stereocenters. The van der Waals surface area contributed by atoms with Crippen molar-refractivity contribution >= 4 is 11.8 Å². The number of hydrogen-bond acceptors (Lipinski definition) is 3. The third kappa shape index (κ3) is 2.76. The lowest BCUT2D eigenvalue weighted by atomic mass is 9.83. The molecule has 0 radical (unpaired) electrons. The molecule has 2 aliphatic rings. The summed E-state index contributed by atoms with van der Waals surface area (Å²) >= 11 is 0. The fourth-order valence-corrected chi connectivity index (χ4v) is 3.84. The van der Waals surface area contributed by atoms with Crippen LogP contribution >= 0.6 is 0 Å². The minimum Gasteiger partial charge on any atom is -0.459 e. The number of esters is 1. The SMILES string of the molecule is CC(=O)CC(C)(C)OC(=O)C1CC2CC1CC2C. The summed E-state index contributed by atoms with van der Waals surface area (Å²) in [7, 11) is 0. The lowest BCUT2D eigenvalue weighted by Crippen LogP contribution is -2.35. The van der Waals surface area contributed by atoms with E-state index < -0.39 is 5.60 Å². The lowest BCUT2D eigenvalue weighted by Gasteiger charge is -2.29. The van der Waals surface area contributed by atoms with Gasteiger partial charge in [0.05, 0.1) is 5.92 Å². The molecule has 2 fully saturated rings. The van der Waals surface area contributed by atoms with Gasteiger partial charge in [-0.05, 0) is 57.8 Å². The second-order valence-electron chi connectivity index (χ2n) is 6.87. The van der Waals surface area contributed by atoms with E-state index in [0.717, 1.165) is 18.8 Å². The van der Waals surface area contributed by atoms with Crippen molar-refractivity contribution in [3.05, 3.63) is 0 Å². The molecular weight excluding hydrogens is 228 g/mol. The zero-order valence-corrected chi connectivity index (χ0v) is 11.9. The fourth-order valence-electron chi connectivity index (χ4n) is 3.84. The van der Waals surface area contributed by atoms with E-state index in [1.807, 2.05) is 13.8 Å². The largest absolute Gasteiger partial charge is 0.459 e. The van der Waals surface area contributed by atoms with Crippen LogP contribution in [0.4, 0.5) is 0 Å². The van der Waals surface area contributed by atoms with E-state index in [1.165, 1.54) is 13.3 Å². The molecule has 0 saturated heterocycles. The maximum Gasteiger partial charge on any atom is 0.309 e. The second-order valence-corrected chi connectivity index (χ2v) is 6.87. The van der Waals surface area contributed by atoms with E-state index in [9.17, 15) is 9.59 Å². The predicted molar refractivity (Wildman–Crippen MR) is 69.0 cm³/mol. The summed E-state index contributed by atoms with van der Waals surface area (Å²) in [4.78, 5) is 23.3. The average Bonchev–Trinajstić information content (AvgIpc) is 2.72. The summed E-state index contributed by atoms with van der Waals surface area (Å²) in [6, 6.07) is 0. The van der Waals surface area contributed by atoms with Gasteiger partial charge in [-0.3, -0.25) is 9.59 Å². The van der Waals surface area contributed by atoms with Gasteiger partial charge in [-0.1, -0.05) is 6.92 Å². The summed E-state index contributed by atoms with van der Waals surface area (Å²) < 4.78 is 5.56. The minimum absolute atomic E-state index is 0.0642. The average molecular weight is 252 g/mol. The van der Waals surface area contributed by atoms with Crippen LogP contribution in [-0.2, 0) is 14.3 Å². The van der Waals surface area contributed by atoms with Crippen LogP contribution in [0.3, 0.4) is 0 Å². The summed E-state index contributed by atoms with van der Waals surface area (Å²) in [5, 5.41) is 0. The molecule has 0 aliphatic heterocycles. The van der Waals surface area contributed by atoms with Gasteiger partial charge in [-0.25, -0.2) is 0 Å². The number of carbonyl (C=O) groups is 2. The van der Waals surface area contributed by atoms with E-state index in [4.69, 9.17) is 4.74 Å². The number of carbonyl (C=O) groups excluding carboxylic acids is 2. The van der Waals surface area contributed by atoms with Crippen LogP contribution in [0.5, 0.6) is 0 Å². The van der Waals surface area contributed by atoms with Gasteiger partial charge in [0.25, 0.3) is 0 Å².